The smallest absolute Gasteiger partial charge is 0.340 e. The summed E-state index contributed by atoms with van der Waals surface area (Å²) in [6.45, 7) is 4.55. The van der Waals surface area contributed by atoms with Gasteiger partial charge in [-0.15, -0.1) is 0 Å². The van der Waals surface area contributed by atoms with Gasteiger partial charge in [-0.1, -0.05) is 12.1 Å². The quantitative estimate of drug-likeness (QED) is 0.554. The van der Waals surface area contributed by atoms with Crippen LogP contribution in [0.5, 0.6) is 0 Å². The summed E-state index contributed by atoms with van der Waals surface area (Å²) in [7, 11) is 5.51. The average Bonchev–Trinajstić information content (AvgIpc) is 2.84. The van der Waals surface area contributed by atoms with Gasteiger partial charge in [-0.25, -0.2) is 4.79 Å². The Morgan fingerprint density at radius 1 is 1.23 bits per heavy atom. The van der Waals surface area contributed by atoms with Gasteiger partial charge in [-0.2, -0.15) is 0 Å². The number of methoxy groups -OCH3 is 1. The molecule has 0 atom stereocenters. The van der Waals surface area contributed by atoms with E-state index in [0.29, 0.717) is 30.0 Å². The SMILES string of the molecule is CCOC(=O)C1=C(C)N(CCOC)C(=O)C1=Cc1ccc(N(C)C)cc1. The summed E-state index contributed by atoms with van der Waals surface area (Å²) in [5.74, 6) is -0.686. The Hall–Kier alpha value is -2.60. The van der Waals surface area contributed by atoms with Crippen molar-refractivity contribution >= 4 is 23.6 Å². The number of anilines is 1. The number of hydrogen-bond donors (Lipinski definition) is 0. The van der Waals surface area contributed by atoms with Crippen molar-refractivity contribution in [1.82, 2.24) is 4.90 Å². The van der Waals surface area contributed by atoms with Crippen molar-refractivity contribution in [3.05, 3.63) is 46.7 Å². The molecule has 0 aliphatic carbocycles. The first kappa shape index (κ1) is 19.7. The summed E-state index contributed by atoms with van der Waals surface area (Å²) in [5.41, 5.74) is 3.19. The van der Waals surface area contributed by atoms with Crippen LogP contribution < -0.4 is 4.90 Å². The molecule has 0 spiro atoms. The zero-order chi connectivity index (χ0) is 19.3. The zero-order valence-corrected chi connectivity index (χ0v) is 16.0. The number of carbonyl (C=O) groups is 2. The maximum absolute atomic E-state index is 12.9. The summed E-state index contributed by atoms with van der Waals surface area (Å²) in [4.78, 5) is 28.9. The minimum Gasteiger partial charge on any atom is -0.462 e. The topological polar surface area (TPSA) is 59.1 Å². The van der Waals surface area contributed by atoms with Gasteiger partial charge >= 0.3 is 5.97 Å². The van der Waals surface area contributed by atoms with Gasteiger partial charge in [-0.05, 0) is 37.6 Å². The van der Waals surface area contributed by atoms with Crippen LogP contribution in [0, 0.1) is 0 Å². The van der Waals surface area contributed by atoms with Gasteiger partial charge < -0.3 is 19.3 Å². The van der Waals surface area contributed by atoms with Crippen LogP contribution in [0.15, 0.2) is 41.1 Å². The van der Waals surface area contributed by atoms with E-state index in [-0.39, 0.29) is 12.5 Å². The number of amides is 1. The lowest BCUT2D eigenvalue weighted by Crippen LogP contribution is -2.28. The largest absolute Gasteiger partial charge is 0.462 e. The van der Waals surface area contributed by atoms with E-state index in [1.165, 1.54) is 0 Å². The fourth-order valence-electron chi connectivity index (χ4n) is 2.82. The van der Waals surface area contributed by atoms with Gasteiger partial charge in [0.05, 0.1) is 24.4 Å². The number of benzene rings is 1. The number of allylic oxidation sites excluding steroid dienone is 1. The van der Waals surface area contributed by atoms with E-state index in [4.69, 9.17) is 9.47 Å². The fourth-order valence-corrected chi connectivity index (χ4v) is 2.82. The number of hydrogen-bond acceptors (Lipinski definition) is 5. The third kappa shape index (κ3) is 4.14. The number of carbonyl (C=O) groups excluding carboxylic acids is 2. The Bertz CT molecular complexity index is 733. The number of nitrogens with zero attached hydrogens (tertiary/aromatic N) is 2. The Balaban J connectivity index is 2.42. The van der Waals surface area contributed by atoms with Crippen LogP contribution in [0.4, 0.5) is 5.69 Å². The highest BCUT2D eigenvalue weighted by atomic mass is 16.5. The minimum absolute atomic E-state index is 0.209. The van der Waals surface area contributed by atoms with Crippen molar-refractivity contribution in [2.45, 2.75) is 13.8 Å². The highest BCUT2D eigenvalue weighted by Crippen LogP contribution is 2.31. The molecule has 0 aromatic heterocycles. The molecule has 1 heterocycles. The molecule has 0 radical (unpaired) electrons. The van der Waals surface area contributed by atoms with Gasteiger partial charge in [0.25, 0.3) is 5.91 Å². The molecule has 0 bridgehead atoms. The summed E-state index contributed by atoms with van der Waals surface area (Å²) in [6.07, 6.45) is 1.74. The van der Waals surface area contributed by atoms with Gasteiger partial charge in [0.2, 0.25) is 0 Å². The maximum atomic E-state index is 12.9. The first-order valence-electron chi connectivity index (χ1n) is 8.59. The van der Waals surface area contributed by atoms with Crippen LogP contribution in [0.3, 0.4) is 0 Å². The van der Waals surface area contributed by atoms with Crippen molar-refractivity contribution in [2.24, 2.45) is 0 Å². The van der Waals surface area contributed by atoms with E-state index in [9.17, 15) is 9.59 Å². The normalized spacial score (nSPS) is 15.8. The molecule has 140 valence electrons. The molecule has 1 aromatic carbocycles. The number of rotatable bonds is 7. The minimum atomic E-state index is -0.477. The second-order valence-electron chi connectivity index (χ2n) is 6.17. The van der Waals surface area contributed by atoms with Gasteiger partial charge in [0.1, 0.15) is 0 Å². The predicted octanol–water partition coefficient (Wildman–Crippen LogP) is 2.46. The Kier molecular flexibility index (Phi) is 6.58. The van der Waals surface area contributed by atoms with Crippen molar-refractivity contribution in [2.75, 3.05) is 45.9 Å². The lowest BCUT2D eigenvalue weighted by molar-refractivity contribution is -0.138. The molecule has 0 fully saturated rings. The van der Waals surface area contributed by atoms with Gasteiger partial charge in [0.15, 0.2) is 0 Å². The van der Waals surface area contributed by atoms with Crippen LogP contribution in [0.25, 0.3) is 6.08 Å². The lowest BCUT2D eigenvalue weighted by Gasteiger charge is -2.16. The fraction of sp³-hybridized carbons (Fsp3) is 0.400. The van der Waals surface area contributed by atoms with Crippen LogP contribution in [-0.2, 0) is 19.1 Å². The van der Waals surface area contributed by atoms with Crippen LogP contribution in [-0.4, -0.2) is 57.7 Å². The second kappa shape index (κ2) is 8.67. The highest BCUT2D eigenvalue weighted by molar-refractivity contribution is 6.16. The van der Waals surface area contributed by atoms with Crippen molar-refractivity contribution in [1.29, 1.82) is 0 Å². The van der Waals surface area contributed by atoms with E-state index >= 15 is 0 Å². The molecule has 0 unspecified atom stereocenters. The molecule has 1 amide bonds. The molecule has 1 aromatic rings. The van der Waals surface area contributed by atoms with E-state index in [1.807, 2.05) is 43.3 Å². The van der Waals surface area contributed by atoms with Gasteiger partial charge in [-0.3, -0.25) is 4.79 Å². The number of ether oxygens (including phenoxy) is 2. The van der Waals surface area contributed by atoms with E-state index in [2.05, 4.69) is 0 Å². The van der Waals surface area contributed by atoms with Crippen molar-refractivity contribution in [3.63, 3.8) is 0 Å². The van der Waals surface area contributed by atoms with Crippen molar-refractivity contribution < 1.29 is 19.1 Å². The predicted molar refractivity (Wildman–Crippen MR) is 102 cm³/mol. The maximum Gasteiger partial charge on any atom is 0.340 e. The summed E-state index contributed by atoms with van der Waals surface area (Å²) in [6, 6.07) is 7.78. The third-order valence-corrected chi connectivity index (χ3v) is 4.23. The van der Waals surface area contributed by atoms with Crippen LogP contribution in [0.2, 0.25) is 0 Å². The highest BCUT2D eigenvalue weighted by Gasteiger charge is 2.36. The Morgan fingerprint density at radius 3 is 2.42 bits per heavy atom. The Morgan fingerprint density at radius 2 is 1.88 bits per heavy atom. The van der Waals surface area contributed by atoms with Crippen LogP contribution >= 0.6 is 0 Å². The molecular weight excluding hydrogens is 332 g/mol. The lowest BCUT2D eigenvalue weighted by atomic mass is 10.0. The standard InChI is InChI=1S/C20H26N2O4/c1-6-26-20(24)18-14(2)22(11-12-25-5)19(23)17(18)13-15-7-9-16(10-8-15)21(3)4/h7-10,13H,6,11-12H2,1-5H3. The molecule has 26 heavy (non-hydrogen) atoms. The second-order valence-corrected chi connectivity index (χ2v) is 6.17. The first-order chi connectivity index (χ1) is 12.4. The summed E-state index contributed by atoms with van der Waals surface area (Å²) in [5, 5.41) is 0. The molecule has 0 saturated heterocycles. The van der Waals surface area contributed by atoms with E-state index in [1.54, 1.807) is 31.9 Å². The first-order valence-corrected chi connectivity index (χ1v) is 8.59. The third-order valence-electron chi connectivity index (χ3n) is 4.23. The molecule has 2 rings (SSSR count). The van der Waals surface area contributed by atoms with Gasteiger partial charge in [0, 0.05) is 39.1 Å². The molecule has 6 heteroatoms. The van der Waals surface area contributed by atoms with Crippen molar-refractivity contribution in [3.8, 4) is 0 Å². The van der Waals surface area contributed by atoms with Crippen LogP contribution in [0.1, 0.15) is 19.4 Å². The summed E-state index contributed by atoms with van der Waals surface area (Å²) >= 11 is 0. The molecule has 0 N–H and O–H groups in total. The Labute approximate surface area is 154 Å². The molecule has 1 aliphatic heterocycles. The monoisotopic (exact) mass is 358 g/mol. The molecule has 6 nitrogen and oxygen atoms in total. The zero-order valence-electron chi connectivity index (χ0n) is 16.0. The van der Waals surface area contributed by atoms with E-state index < -0.39 is 5.97 Å². The molecule has 0 saturated carbocycles. The molecular formula is C20H26N2O4. The average molecular weight is 358 g/mol. The molecule has 1 aliphatic rings. The summed E-state index contributed by atoms with van der Waals surface area (Å²) < 4.78 is 10.2. The van der Waals surface area contributed by atoms with E-state index in [0.717, 1.165) is 11.3 Å². The number of esters is 1.